The molecule has 1 amide bonds. The minimum absolute atomic E-state index is 0.0189. The number of nitrogens with zero attached hydrogens (tertiary/aromatic N) is 1. The van der Waals surface area contributed by atoms with Gasteiger partial charge in [-0.25, -0.2) is 4.57 Å². The number of aromatic nitrogens is 1. The summed E-state index contributed by atoms with van der Waals surface area (Å²) in [7, 11) is 0. The Hall–Kier alpha value is -1.46. The summed E-state index contributed by atoms with van der Waals surface area (Å²) in [6, 6.07) is 5.99. The molecule has 0 saturated carbocycles. The van der Waals surface area contributed by atoms with Crippen LogP contribution in [0.4, 0.5) is 0 Å². The second-order valence-electron chi connectivity index (χ2n) is 4.26. The molecular weight excluding hydrogens is 244 g/mol. The highest BCUT2D eigenvalue weighted by Crippen LogP contribution is 1.95. The van der Waals surface area contributed by atoms with Crippen LogP contribution in [0.1, 0.15) is 19.3 Å². The Kier molecular flexibility index (Phi) is 8.59. The predicted molar refractivity (Wildman–Crippen MR) is 71.4 cm³/mol. The Bertz CT molecular complexity index is 344. The highest BCUT2D eigenvalue weighted by atomic mass is 16.5. The molecule has 0 aliphatic rings. The number of rotatable bonds is 10. The van der Waals surface area contributed by atoms with Crippen LogP contribution < -0.4 is 9.88 Å². The molecule has 0 aliphatic carbocycles. The number of carbonyl (C=O) groups excluding carboxylic acids is 1. The predicted octanol–water partition coefficient (Wildman–Crippen LogP) is 0.269. The topological polar surface area (TPSA) is 62.4 Å². The Morgan fingerprint density at radius 1 is 1.16 bits per heavy atom. The fourth-order valence-electron chi connectivity index (χ4n) is 1.68. The molecule has 1 heterocycles. The third kappa shape index (κ3) is 8.29. The molecule has 0 saturated heterocycles. The first kappa shape index (κ1) is 15.6. The highest BCUT2D eigenvalue weighted by molar-refractivity contribution is 5.75. The van der Waals surface area contributed by atoms with E-state index < -0.39 is 0 Å². The maximum atomic E-state index is 11.5. The van der Waals surface area contributed by atoms with E-state index in [2.05, 4.69) is 9.88 Å². The van der Waals surface area contributed by atoms with Crippen molar-refractivity contribution in [1.82, 2.24) is 5.32 Å². The van der Waals surface area contributed by atoms with Gasteiger partial charge in [-0.15, -0.1) is 0 Å². The van der Waals surface area contributed by atoms with E-state index in [1.54, 1.807) is 0 Å². The lowest BCUT2D eigenvalue weighted by atomic mass is 10.2. The lowest BCUT2D eigenvalue weighted by Crippen LogP contribution is -2.32. The maximum absolute atomic E-state index is 11.5. The minimum atomic E-state index is 0.0189. The number of aliphatic hydroxyl groups is 1. The van der Waals surface area contributed by atoms with E-state index in [-0.39, 0.29) is 12.5 Å². The zero-order valence-corrected chi connectivity index (χ0v) is 11.3. The van der Waals surface area contributed by atoms with Gasteiger partial charge in [0.25, 0.3) is 0 Å². The van der Waals surface area contributed by atoms with Crippen LogP contribution in [-0.2, 0) is 16.1 Å². The number of aryl methyl sites for hydroxylation is 1. The van der Waals surface area contributed by atoms with E-state index in [1.165, 1.54) is 0 Å². The Labute approximate surface area is 114 Å². The van der Waals surface area contributed by atoms with Crippen molar-refractivity contribution >= 4 is 5.91 Å². The summed E-state index contributed by atoms with van der Waals surface area (Å²) in [6.07, 6.45) is 6.47. The molecule has 0 bridgehead atoms. The van der Waals surface area contributed by atoms with Gasteiger partial charge in [0.2, 0.25) is 5.91 Å². The standard InChI is InChI=1S/C14H22N2O3/c17-11-13-19-12-7-15-14(18)6-2-5-10-16-8-3-1-4-9-16/h1,3-4,8-9,17H,2,5-7,10-13H2/p+1. The third-order valence-electron chi connectivity index (χ3n) is 2.65. The van der Waals surface area contributed by atoms with Gasteiger partial charge < -0.3 is 15.2 Å². The molecule has 1 aromatic heterocycles. The summed E-state index contributed by atoms with van der Waals surface area (Å²) < 4.78 is 7.16. The van der Waals surface area contributed by atoms with Gasteiger partial charge in [-0.05, 0) is 6.42 Å². The molecule has 0 spiro atoms. The van der Waals surface area contributed by atoms with Crippen LogP contribution in [0, 0.1) is 0 Å². The van der Waals surface area contributed by atoms with Crippen molar-refractivity contribution in [3.63, 3.8) is 0 Å². The van der Waals surface area contributed by atoms with E-state index in [4.69, 9.17) is 9.84 Å². The van der Waals surface area contributed by atoms with Crippen molar-refractivity contribution < 1.29 is 19.2 Å². The Balaban J connectivity index is 1.95. The molecule has 0 unspecified atom stereocenters. The summed E-state index contributed by atoms with van der Waals surface area (Å²) in [6.45, 7) is 2.24. The quantitative estimate of drug-likeness (QED) is 0.472. The molecule has 0 aromatic carbocycles. The number of hydrogen-bond donors (Lipinski definition) is 2. The van der Waals surface area contributed by atoms with Crippen molar-refractivity contribution in [2.24, 2.45) is 0 Å². The largest absolute Gasteiger partial charge is 0.394 e. The molecule has 0 aliphatic heterocycles. The van der Waals surface area contributed by atoms with Crippen LogP contribution in [0.5, 0.6) is 0 Å². The van der Waals surface area contributed by atoms with Gasteiger partial charge in [-0.2, -0.15) is 0 Å². The number of aliphatic hydroxyl groups excluding tert-OH is 1. The fourth-order valence-corrected chi connectivity index (χ4v) is 1.68. The van der Waals surface area contributed by atoms with Crippen molar-refractivity contribution in [3.05, 3.63) is 30.6 Å². The van der Waals surface area contributed by atoms with E-state index >= 15 is 0 Å². The lowest BCUT2D eigenvalue weighted by molar-refractivity contribution is -0.697. The van der Waals surface area contributed by atoms with Gasteiger partial charge >= 0.3 is 0 Å². The zero-order valence-electron chi connectivity index (χ0n) is 11.3. The van der Waals surface area contributed by atoms with Crippen molar-refractivity contribution in [3.8, 4) is 0 Å². The van der Waals surface area contributed by atoms with Crippen LogP contribution in [0.2, 0.25) is 0 Å². The molecule has 1 aromatic rings. The normalized spacial score (nSPS) is 10.4. The van der Waals surface area contributed by atoms with Crippen LogP contribution >= 0.6 is 0 Å². The van der Waals surface area contributed by atoms with Gasteiger partial charge in [-0.1, -0.05) is 6.07 Å². The van der Waals surface area contributed by atoms with E-state index in [1.807, 2.05) is 30.6 Å². The molecule has 5 heteroatoms. The summed E-state index contributed by atoms with van der Waals surface area (Å²) in [4.78, 5) is 11.5. The molecule has 1 rings (SSSR count). The van der Waals surface area contributed by atoms with E-state index in [0.717, 1.165) is 19.4 Å². The van der Waals surface area contributed by atoms with Crippen LogP contribution in [0.15, 0.2) is 30.6 Å². The average molecular weight is 267 g/mol. The second kappa shape index (κ2) is 10.5. The molecule has 0 fully saturated rings. The highest BCUT2D eigenvalue weighted by Gasteiger charge is 2.02. The van der Waals surface area contributed by atoms with Crippen LogP contribution in [0.25, 0.3) is 0 Å². The number of unbranched alkanes of at least 4 members (excludes halogenated alkanes) is 1. The van der Waals surface area contributed by atoms with Gasteiger partial charge in [0.15, 0.2) is 12.4 Å². The molecule has 5 nitrogen and oxygen atoms in total. The summed E-state index contributed by atoms with van der Waals surface area (Å²) >= 11 is 0. The van der Waals surface area contributed by atoms with E-state index in [9.17, 15) is 4.79 Å². The summed E-state index contributed by atoms with van der Waals surface area (Å²) in [5, 5.41) is 11.3. The molecular formula is C14H23N2O3+. The number of carbonyl (C=O) groups is 1. The number of ether oxygens (including phenoxy) is 1. The lowest BCUT2D eigenvalue weighted by Gasteiger charge is -2.05. The molecule has 0 radical (unpaired) electrons. The minimum Gasteiger partial charge on any atom is -0.394 e. The second-order valence-corrected chi connectivity index (χ2v) is 4.26. The summed E-state index contributed by atoms with van der Waals surface area (Å²) in [5.74, 6) is 0.0608. The summed E-state index contributed by atoms with van der Waals surface area (Å²) in [5.41, 5.74) is 0. The molecule has 19 heavy (non-hydrogen) atoms. The number of pyridine rings is 1. The van der Waals surface area contributed by atoms with Crippen LogP contribution in [0.3, 0.4) is 0 Å². The van der Waals surface area contributed by atoms with Gasteiger partial charge in [0.05, 0.1) is 19.8 Å². The van der Waals surface area contributed by atoms with Gasteiger partial charge in [-0.3, -0.25) is 4.79 Å². The smallest absolute Gasteiger partial charge is 0.220 e. The number of amides is 1. The Morgan fingerprint density at radius 2 is 1.95 bits per heavy atom. The maximum Gasteiger partial charge on any atom is 0.220 e. The first-order valence-corrected chi connectivity index (χ1v) is 6.72. The fraction of sp³-hybridized carbons (Fsp3) is 0.571. The van der Waals surface area contributed by atoms with Gasteiger partial charge in [0, 0.05) is 31.5 Å². The van der Waals surface area contributed by atoms with E-state index in [0.29, 0.717) is 26.2 Å². The first-order chi connectivity index (χ1) is 9.33. The third-order valence-corrected chi connectivity index (χ3v) is 2.65. The number of hydrogen-bond acceptors (Lipinski definition) is 3. The average Bonchev–Trinajstić information content (AvgIpc) is 2.44. The zero-order chi connectivity index (χ0) is 13.8. The van der Waals surface area contributed by atoms with Crippen molar-refractivity contribution in [2.75, 3.05) is 26.4 Å². The first-order valence-electron chi connectivity index (χ1n) is 6.72. The monoisotopic (exact) mass is 267 g/mol. The van der Waals surface area contributed by atoms with Crippen molar-refractivity contribution in [1.29, 1.82) is 0 Å². The SMILES string of the molecule is O=C(CCCC[n+]1ccccc1)NCCOCCO. The molecule has 0 atom stereocenters. The van der Waals surface area contributed by atoms with Gasteiger partial charge in [0.1, 0.15) is 6.54 Å². The molecule has 106 valence electrons. The number of nitrogens with one attached hydrogen (secondary N) is 1. The van der Waals surface area contributed by atoms with Crippen LogP contribution in [-0.4, -0.2) is 37.4 Å². The Morgan fingerprint density at radius 3 is 2.68 bits per heavy atom. The van der Waals surface area contributed by atoms with Crippen molar-refractivity contribution in [2.45, 2.75) is 25.8 Å². The molecule has 2 N–H and O–H groups in total.